The largest absolute Gasteiger partial charge is 0.317 e. The number of alkyl halides is 2. The maximum absolute atomic E-state index is 13.0. The molecule has 0 bridgehead atoms. The number of hydrogen-bond acceptors (Lipinski definition) is 5. The van der Waals surface area contributed by atoms with Gasteiger partial charge in [-0.1, -0.05) is 12.1 Å². The van der Waals surface area contributed by atoms with Crippen molar-refractivity contribution in [1.29, 1.82) is 0 Å². The zero-order chi connectivity index (χ0) is 23.5. The molecular formula is C26H23F2N5O. The number of rotatable bonds is 5. The van der Waals surface area contributed by atoms with Crippen molar-refractivity contribution < 1.29 is 13.6 Å². The molecule has 0 aliphatic carbocycles. The first-order valence-corrected chi connectivity index (χ1v) is 11.2. The number of aromatic nitrogens is 3. The molecule has 0 radical (unpaired) electrons. The fourth-order valence-corrected chi connectivity index (χ4v) is 4.26. The zero-order valence-electron chi connectivity index (χ0n) is 18.3. The van der Waals surface area contributed by atoms with Gasteiger partial charge >= 0.3 is 0 Å². The number of hydrogen-bond donors (Lipinski definition) is 2. The van der Waals surface area contributed by atoms with E-state index in [4.69, 9.17) is 0 Å². The van der Waals surface area contributed by atoms with Gasteiger partial charge in [0.25, 0.3) is 12.3 Å². The summed E-state index contributed by atoms with van der Waals surface area (Å²) in [7, 11) is 0. The van der Waals surface area contributed by atoms with Crippen molar-refractivity contribution in [1.82, 2.24) is 20.3 Å². The second-order valence-corrected chi connectivity index (χ2v) is 8.40. The van der Waals surface area contributed by atoms with E-state index in [0.717, 1.165) is 42.9 Å². The van der Waals surface area contributed by atoms with Gasteiger partial charge in [-0.3, -0.25) is 14.8 Å². The monoisotopic (exact) mass is 459 g/mol. The molecule has 1 amide bonds. The molecule has 0 unspecified atom stereocenters. The van der Waals surface area contributed by atoms with E-state index in [2.05, 4.69) is 31.7 Å². The lowest BCUT2D eigenvalue weighted by Gasteiger charge is -2.23. The van der Waals surface area contributed by atoms with Crippen molar-refractivity contribution in [3.8, 4) is 11.3 Å². The highest BCUT2D eigenvalue weighted by atomic mass is 19.3. The number of fused-ring (bicyclic) bond motifs is 1. The Morgan fingerprint density at radius 3 is 2.62 bits per heavy atom. The average Bonchev–Trinajstić information content (AvgIpc) is 2.89. The maximum atomic E-state index is 13.0. The van der Waals surface area contributed by atoms with Gasteiger partial charge in [0.1, 0.15) is 5.82 Å². The number of anilines is 1. The Hall–Kier alpha value is -3.78. The Morgan fingerprint density at radius 2 is 1.79 bits per heavy atom. The molecule has 0 spiro atoms. The van der Waals surface area contributed by atoms with Crippen LogP contribution < -0.4 is 10.6 Å². The molecule has 3 aromatic heterocycles. The van der Waals surface area contributed by atoms with Crippen LogP contribution in [0, 0.1) is 0 Å². The smallest absolute Gasteiger partial charge is 0.265 e. The summed E-state index contributed by atoms with van der Waals surface area (Å²) < 4.78 is 26.1. The Balaban J connectivity index is 1.38. The molecule has 34 heavy (non-hydrogen) atoms. The van der Waals surface area contributed by atoms with E-state index in [9.17, 15) is 13.6 Å². The molecule has 172 valence electrons. The van der Waals surface area contributed by atoms with Crippen LogP contribution in [0.1, 0.15) is 46.7 Å². The molecule has 4 aromatic rings. The van der Waals surface area contributed by atoms with Gasteiger partial charge in [-0.15, -0.1) is 0 Å². The first-order valence-electron chi connectivity index (χ1n) is 11.2. The number of carbonyl (C=O) groups is 1. The SMILES string of the molecule is O=C(Nc1cc2cc(-c3cncc(C(F)F)c3)ncc2cn1)c1cccc(C2CCNCC2)c1. The van der Waals surface area contributed by atoms with Crippen LogP contribution in [0.2, 0.25) is 0 Å². The molecule has 0 saturated carbocycles. The fourth-order valence-electron chi connectivity index (χ4n) is 4.26. The third-order valence-electron chi connectivity index (χ3n) is 6.11. The molecule has 5 rings (SSSR count). The number of piperidine rings is 1. The lowest BCUT2D eigenvalue weighted by Crippen LogP contribution is -2.26. The molecule has 2 N–H and O–H groups in total. The summed E-state index contributed by atoms with van der Waals surface area (Å²) in [4.78, 5) is 25.5. The van der Waals surface area contributed by atoms with Crippen LogP contribution >= 0.6 is 0 Å². The minimum atomic E-state index is -2.60. The molecule has 8 heteroatoms. The number of halogens is 2. The summed E-state index contributed by atoms with van der Waals surface area (Å²) in [5.41, 5.74) is 2.62. The van der Waals surface area contributed by atoms with Crippen molar-refractivity contribution in [2.24, 2.45) is 0 Å². The van der Waals surface area contributed by atoms with Gasteiger partial charge in [0.05, 0.1) is 5.69 Å². The van der Waals surface area contributed by atoms with Crippen molar-refractivity contribution in [3.05, 3.63) is 83.9 Å². The van der Waals surface area contributed by atoms with Crippen LogP contribution in [-0.4, -0.2) is 33.9 Å². The third-order valence-corrected chi connectivity index (χ3v) is 6.11. The van der Waals surface area contributed by atoms with Gasteiger partial charge < -0.3 is 10.6 Å². The normalized spacial score (nSPS) is 14.4. The first-order chi connectivity index (χ1) is 16.6. The van der Waals surface area contributed by atoms with Gasteiger partial charge in [-0.25, -0.2) is 13.8 Å². The summed E-state index contributed by atoms with van der Waals surface area (Å²) in [6.07, 6.45) is 5.41. The van der Waals surface area contributed by atoms with Gasteiger partial charge in [-0.2, -0.15) is 0 Å². The molecule has 6 nitrogen and oxygen atoms in total. The Morgan fingerprint density at radius 1 is 0.971 bits per heavy atom. The van der Waals surface area contributed by atoms with Crippen molar-refractivity contribution in [2.75, 3.05) is 18.4 Å². The van der Waals surface area contributed by atoms with E-state index in [0.29, 0.717) is 28.6 Å². The average molecular weight is 460 g/mol. The second-order valence-electron chi connectivity index (χ2n) is 8.40. The molecular weight excluding hydrogens is 436 g/mol. The predicted octanol–water partition coefficient (Wildman–Crippen LogP) is 5.35. The number of carbonyl (C=O) groups excluding carboxylic acids is 1. The topological polar surface area (TPSA) is 79.8 Å². The van der Waals surface area contributed by atoms with E-state index >= 15 is 0 Å². The lowest BCUT2D eigenvalue weighted by molar-refractivity contribution is 0.102. The van der Waals surface area contributed by atoms with Crippen LogP contribution in [0.25, 0.3) is 22.0 Å². The molecule has 4 heterocycles. The Bertz CT molecular complexity index is 1340. The summed E-state index contributed by atoms with van der Waals surface area (Å²) in [6.45, 7) is 1.98. The summed E-state index contributed by atoms with van der Waals surface area (Å²) >= 11 is 0. The molecule has 1 aliphatic rings. The van der Waals surface area contributed by atoms with E-state index in [1.807, 2.05) is 12.1 Å². The molecule has 1 saturated heterocycles. The Kier molecular flexibility index (Phi) is 6.22. The van der Waals surface area contributed by atoms with E-state index < -0.39 is 6.43 Å². The van der Waals surface area contributed by atoms with Gasteiger partial charge in [0.15, 0.2) is 0 Å². The number of nitrogens with zero attached hydrogens (tertiary/aromatic N) is 3. The number of nitrogens with one attached hydrogen (secondary N) is 2. The highest BCUT2D eigenvalue weighted by Gasteiger charge is 2.17. The van der Waals surface area contributed by atoms with E-state index in [1.54, 1.807) is 30.6 Å². The molecule has 1 fully saturated rings. The first kappa shape index (κ1) is 22.0. The quantitative estimate of drug-likeness (QED) is 0.421. The summed E-state index contributed by atoms with van der Waals surface area (Å²) in [6, 6.07) is 12.7. The van der Waals surface area contributed by atoms with Gasteiger partial charge in [0, 0.05) is 46.9 Å². The zero-order valence-corrected chi connectivity index (χ0v) is 18.3. The van der Waals surface area contributed by atoms with Crippen LogP contribution in [-0.2, 0) is 0 Å². The maximum Gasteiger partial charge on any atom is 0.265 e. The lowest BCUT2D eigenvalue weighted by atomic mass is 9.89. The molecule has 0 atom stereocenters. The van der Waals surface area contributed by atoms with Crippen LogP contribution in [0.3, 0.4) is 0 Å². The van der Waals surface area contributed by atoms with Gasteiger partial charge in [0.2, 0.25) is 0 Å². The van der Waals surface area contributed by atoms with Crippen molar-refractivity contribution in [2.45, 2.75) is 25.2 Å². The molecule has 1 aromatic carbocycles. The fraction of sp³-hybridized carbons (Fsp3) is 0.231. The minimum absolute atomic E-state index is 0.159. The number of amides is 1. The Labute approximate surface area is 195 Å². The third kappa shape index (κ3) is 4.77. The highest BCUT2D eigenvalue weighted by molar-refractivity contribution is 6.04. The van der Waals surface area contributed by atoms with E-state index in [1.165, 1.54) is 17.8 Å². The molecule has 1 aliphatic heterocycles. The minimum Gasteiger partial charge on any atom is -0.317 e. The van der Waals surface area contributed by atoms with Crippen molar-refractivity contribution in [3.63, 3.8) is 0 Å². The van der Waals surface area contributed by atoms with E-state index in [-0.39, 0.29) is 11.5 Å². The van der Waals surface area contributed by atoms with Crippen LogP contribution in [0.4, 0.5) is 14.6 Å². The van der Waals surface area contributed by atoms with Crippen LogP contribution in [0.5, 0.6) is 0 Å². The van der Waals surface area contributed by atoms with Crippen LogP contribution in [0.15, 0.2) is 67.3 Å². The second kappa shape index (κ2) is 9.61. The highest BCUT2D eigenvalue weighted by Crippen LogP contribution is 2.28. The van der Waals surface area contributed by atoms with Crippen molar-refractivity contribution >= 4 is 22.5 Å². The predicted molar refractivity (Wildman–Crippen MR) is 127 cm³/mol. The number of pyridine rings is 3. The summed E-state index contributed by atoms with van der Waals surface area (Å²) in [5, 5.41) is 7.78. The van der Waals surface area contributed by atoms with Gasteiger partial charge in [-0.05, 0) is 73.1 Å². The summed E-state index contributed by atoms with van der Waals surface area (Å²) in [5.74, 6) is 0.629. The standard InChI is InChI=1S/C26H23F2N5O/c27-25(28)21-9-20(12-30-13-21)23-10-19-11-24(32-15-22(19)14-31-23)33-26(34)18-3-1-2-17(8-18)16-4-6-29-7-5-16/h1-3,8-16,25,29H,4-7H2,(H,32,33,34). The number of benzene rings is 1.